The number of rotatable bonds is 4. The minimum Gasteiger partial charge on any atom is -0.376 e. The summed E-state index contributed by atoms with van der Waals surface area (Å²) in [4.78, 5) is 14.7. The highest BCUT2D eigenvalue weighted by Gasteiger charge is 2.39. The van der Waals surface area contributed by atoms with E-state index >= 15 is 0 Å². The van der Waals surface area contributed by atoms with Crippen molar-refractivity contribution in [3.63, 3.8) is 0 Å². The van der Waals surface area contributed by atoms with Crippen LogP contribution in [0.15, 0.2) is 22.7 Å². The Morgan fingerprint density at radius 1 is 1.50 bits per heavy atom. The number of anilines is 2. The van der Waals surface area contributed by atoms with E-state index in [4.69, 9.17) is 0 Å². The summed E-state index contributed by atoms with van der Waals surface area (Å²) in [6.07, 6.45) is 1.76. The zero-order valence-corrected chi connectivity index (χ0v) is 13.9. The molecule has 1 heterocycles. The highest BCUT2D eigenvalue weighted by molar-refractivity contribution is 9.10. The Bertz CT molecular complexity index is 496. The molecule has 1 aliphatic heterocycles. The van der Waals surface area contributed by atoms with Crippen molar-refractivity contribution in [3.05, 3.63) is 22.7 Å². The van der Waals surface area contributed by atoms with E-state index in [-0.39, 0.29) is 11.3 Å². The molecule has 1 aromatic carbocycles. The van der Waals surface area contributed by atoms with Crippen molar-refractivity contribution in [2.75, 3.05) is 37.4 Å². The van der Waals surface area contributed by atoms with Gasteiger partial charge in [0.2, 0.25) is 5.91 Å². The van der Waals surface area contributed by atoms with Gasteiger partial charge in [0.25, 0.3) is 0 Å². The monoisotopic (exact) mass is 339 g/mol. The molecule has 4 nitrogen and oxygen atoms in total. The van der Waals surface area contributed by atoms with Crippen molar-refractivity contribution < 1.29 is 4.79 Å². The normalized spacial score (nSPS) is 21.8. The van der Waals surface area contributed by atoms with Crippen LogP contribution in [-0.4, -0.2) is 33.1 Å². The molecule has 2 rings (SSSR count). The lowest BCUT2D eigenvalue weighted by molar-refractivity contribution is -0.124. The molecular weight excluding hydrogens is 318 g/mol. The Kier molecular flexibility index (Phi) is 4.70. The lowest BCUT2D eigenvalue weighted by Gasteiger charge is -2.27. The number of carbonyl (C=O) groups excluding carboxylic acids is 1. The number of nitrogens with zero attached hydrogens (tertiary/aromatic N) is 1. The van der Waals surface area contributed by atoms with Crippen LogP contribution in [0.1, 0.15) is 19.8 Å². The number of hydrogen-bond donors (Lipinski definition) is 2. The second-order valence-corrected chi connectivity index (χ2v) is 6.49. The fourth-order valence-corrected chi connectivity index (χ4v) is 3.01. The van der Waals surface area contributed by atoms with Gasteiger partial charge in [0.1, 0.15) is 0 Å². The van der Waals surface area contributed by atoms with Gasteiger partial charge >= 0.3 is 0 Å². The zero-order valence-electron chi connectivity index (χ0n) is 12.3. The molecule has 1 atom stereocenters. The number of nitrogens with one attached hydrogen (secondary N) is 2. The van der Waals surface area contributed by atoms with Gasteiger partial charge in [-0.05, 0) is 37.6 Å². The van der Waals surface area contributed by atoms with Gasteiger partial charge in [0.15, 0.2) is 0 Å². The van der Waals surface area contributed by atoms with Gasteiger partial charge in [0.05, 0.1) is 16.8 Å². The third-order valence-electron chi connectivity index (χ3n) is 4.09. The van der Waals surface area contributed by atoms with Crippen LogP contribution in [-0.2, 0) is 4.79 Å². The fraction of sp³-hybridized carbons (Fsp3) is 0.533. The van der Waals surface area contributed by atoms with E-state index in [1.165, 1.54) is 0 Å². The number of carbonyl (C=O) groups is 1. The van der Waals surface area contributed by atoms with Crippen molar-refractivity contribution in [3.8, 4) is 0 Å². The fourth-order valence-electron chi connectivity index (χ4n) is 2.65. The average molecular weight is 340 g/mol. The third-order valence-corrected chi connectivity index (χ3v) is 4.58. The molecule has 110 valence electrons. The molecule has 1 amide bonds. The first-order valence-electron chi connectivity index (χ1n) is 6.97. The Labute approximate surface area is 129 Å². The summed E-state index contributed by atoms with van der Waals surface area (Å²) in [6, 6.07) is 5.95. The molecule has 0 spiro atoms. The highest BCUT2D eigenvalue weighted by atomic mass is 79.9. The van der Waals surface area contributed by atoms with Gasteiger partial charge in [-0.3, -0.25) is 4.79 Å². The van der Waals surface area contributed by atoms with Crippen LogP contribution in [0.3, 0.4) is 0 Å². The molecule has 0 aliphatic carbocycles. The lowest BCUT2D eigenvalue weighted by Crippen LogP contribution is -2.37. The van der Waals surface area contributed by atoms with Crippen LogP contribution in [0.5, 0.6) is 0 Å². The zero-order chi connectivity index (χ0) is 14.8. The number of amides is 1. The van der Waals surface area contributed by atoms with Gasteiger partial charge in [-0.1, -0.05) is 22.9 Å². The molecule has 0 aromatic heterocycles. The van der Waals surface area contributed by atoms with E-state index in [0.29, 0.717) is 0 Å². The van der Waals surface area contributed by atoms with E-state index < -0.39 is 0 Å². The maximum absolute atomic E-state index is 12.7. The van der Waals surface area contributed by atoms with E-state index in [2.05, 4.69) is 33.5 Å². The van der Waals surface area contributed by atoms with Crippen molar-refractivity contribution in [1.29, 1.82) is 0 Å². The number of benzene rings is 1. The van der Waals surface area contributed by atoms with Crippen LogP contribution in [0.2, 0.25) is 0 Å². The smallest absolute Gasteiger partial charge is 0.231 e. The molecule has 20 heavy (non-hydrogen) atoms. The van der Waals surface area contributed by atoms with Crippen LogP contribution in [0.25, 0.3) is 0 Å². The van der Waals surface area contributed by atoms with Gasteiger partial charge < -0.3 is 15.5 Å². The van der Waals surface area contributed by atoms with Crippen LogP contribution in [0.4, 0.5) is 11.4 Å². The molecule has 0 saturated carbocycles. The van der Waals surface area contributed by atoms with E-state index in [9.17, 15) is 4.79 Å². The topological polar surface area (TPSA) is 44.4 Å². The lowest BCUT2D eigenvalue weighted by atomic mass is 9.83. The summed E-state index contributed by atoms with van der Waals surface area (Å²) < 4.78 is 0.966. The van der Waals surface area contributed by atoms with E-state index in [0.717, 1.165) is 41.8 Å². The summed E-state index contributed by atoms with van der Waals surface area (Å²) in [5.41, 5.74) is 1.60. The second-order valence-electron chi connectivity index (χ2n) is 5.57. The standard InChI is InChI=1S/C15H22BrN3O/c1-4-15(7-8-17-10-15)14(20)18-12-9-11(16)5-6-13(12)19(2)3/h5-6,9,17H,4,7-8,10H2,1-3H3,(H,18,20). The van der Waals surface area contributed by atoms with Crippen LogP contribution in [0, 0.1) is 5.41 Å². The minimum absolute atomic E-state index is 0.117. The Morgan fingerprint density at radius 2 is 2.25 bits per heavy atom. The SMILES string of the molecule is CCC1(C(=O)Nc2cc(Br)ccc2N(C)C)CCNC1. The van der Waals surface area contributed by atoms with Gasteiger partial charge in [-0.2, -0.15) is 0 Å². The largest absolute Gasteiger partial charge is 0.376 e. The van der Waals surface area contributed by atoms with Crippen LogP contribution < -0.4 is 15.5 Å². The second kappa shape index (κ2) is 6.14. The van der Waals surface area contributed by atoms with Gasteiger partial charge in [-0.25, -0.2) is 0 Å². The molecule has 1 fully saturated rings. The first-order chi connectivity index (χ1) is 9.48. The molecule has 2 N–H and O–H groups in total. The molecule has 0 radical (unpaired) electrons. The summed E-state index contributed by atoms with van der Waals surface area (Å²) >= 11 is 3.47. The van der Waals surface area contributed by atoms with Crippen LogP contribution >= 0.6 is 15.9 Å². The highest BCUT2D eigenvalue weighted by Crippen LogP contribution is 2.34. The number of halogens is 1. The van der Waals surface area contributed by atoms with Crippen molar-refractivity contribution >= 4 is 33.2 Å². The first-order valence-corrected chi connectivity index (χ1v) is 7.77. The molecule has 1 saturated heterocycles. The first kappa shape index (κ1) is 15.3. The predicted octanol–water partition coefficient (Wildman–Crippen LogP) is 2.84. The average Bonchev–Trinajstić information content (AvgIpc) is 2.88. The quantitative estimate of drug-likeness (QED) is 0.886. The summed E-state index contributed by atoms with van der Waals surface area (Å²) in [5.74, 6) is 0.117. The van der Waals surface area contributed by atoms with Gasteiger partial charge in [0, 0.05) is 25.1 Å². The van der Waals surface area contributed by atoms with Crippen molar-refractivity contribution in [1.82, 2.24) is 5.32 Å². The van der Waals surface area contributed by atoms with Crippen molar-refractivity contribution in [2.24, 2.45) is 5.41 Å². The van der Waals surface area contributed by atoms with E-state index in [1.54, 1.807) is 0 Å². The third kappa shape index (κ3) is 2.99. The molecule has 5 heteroatoms. The molecule has 1 unspecified atom stereocenters. The predicted molar refractivity (Wildman–Crippen MR) is 87.3 cm³/mol. The number of hydrogen-bond acceptors (Lipinski definition) is 3. The molecule has 1 aliphatic rings. The van der Waals surface area contributed by atoms with Crippen molar-refractivity contribution in [2.45, 2.75) is 19.8 Å². The van der Waals surface area contributed by atoms with E-state index in [1.807, 2.05) is 37.2 Å². The Hall–Kier alpha value is -1.07. The maximum atomic E-state index is 12.7. The summed E-state index contributed by atoms with van der Waals surface area (Å²) in [7, 11) is 3.96. The van der Waals surface area contributed by atoms with Gasteiger partial charge in [-0.15, -0.1) is 0 Å². The Morgan fingerprint density at radius 3 is 2.80 bits per heavy atom. The minimum atomic E-state index is -0.272. The Balaban J connectivity index is 2.25. The summed E-state index contributed by atoms with van der Waals surface area (Å²) in [6.45, 7) is 3.77. The maximum Gasteiger partial charge on any atom is 0.231 e. The molecular formula is C15H22BrN3O. The molecule has 0 bridgehead atoms. The molecule has 1 aromatic rings. The summed E-state index contributed by atoms with van der Waals surface area (Å²) in [5, 5.41) is 6.41.